The van der Waals surface area contributed by atoms with E-state index in [1.54, 1.807) is 24.3 Å². The highest BCUT2D eigenvalue weighted by Gasteiger charge is 2.19. The summed E-state index contributed by atoms with van der Waals surface area (Å²) in [4.78, 5) is 12.4. The number of amides is 1. The molecule has 11 heteroatoms. The van der Waals surface area contributed by atoms with Crippen molar-refractivity contribution in [3.8, 4) is 17.6 Å². The van der Waals surface area contributed by atoms with Gasteiger partial charge in [0.2, 0.25) is 19.3 Å². The molecule has 182 valence electrons. The van der Waals surface area contributed by atoms with Crippen molar-refractivity contribution in [2.75, 3.05) is 24.3 Å². The van der Waals surface area contributed by atoms with Crippen molar-refractivity contribution in [2.45, 2.75) is 25.1 Å². The van der Waals surface area contributed by atoms with Gasteiger partial charge in [0.1, 0.15) is 36.4 Å². The predicted octanol–water partition coefficient (Wildman–Crippen LogP) is 3.95. The third-order valence-corrected chi connectivity index (χ3v) is 7.79. The van der Waals surface area contributed by atoms with E-state index in [0.29, 0.717) is 24.5 Å². The van der Waals surface area contributed by atoms with Gasteiger partial charge < -0.3 is 9.47 Å². The summed E-state index contributed by atoms with van der Waals surface area (Å²) in [7, 11) is -3.52. The number of ether oxygens (including phenoxy) is 2. The van der Waals surface area contributed by atoms with Gasteiger partial charge in [0.15, 0.2) is 0 Å². The lowest BCUT2D eigenvalue weighted by atomic mass is 10.1. The SMILES string of the molecule is CCS(=O)(=O)c1nnc(NC(=O)C(C#N)=Cc2ccc(OCCOc3ccc(C)cc3C)cc2)s1. The number of hydrogen-bond donors (Lipinski definition) is 1. The minimum Gasteiger partial charge on any atom is -0.490 e. The zero-order chi connectivity index (χ0) is 25.4. The molecule has 1 heterocycles. The minimum absolute atomic E-state index is 0.00465. The molecule has 0 aliphatic carbocycles. The van der Waals surface area contributed by atoms with Crippen LogP contribution in [0.5, 0.6) is 11.5 Å². The van der Waals surface area contributed by atoms with E-state index in [0.717, 1.165) is 22.6 Å². The van der Waals surface area contributed by atoms with Gasteiger partial charge in [0.25, 0.3) is 5.91 Å². The molecule has 1 N–H and O–H groups in total. The Balaban J connectivity index is 1.55. The molecule has 0 saturated heterocycles. The van der Waals surface area contributed by atoms with Crippen LogP contribution in [0.25, 0.3) is 6.08 Å². The Hall–Kier alpha value is -3.75. The molecular weight excluding hydrogens is 488 g/mol. The van der Waals surface area contributed by atoms with E-state index < -0.39 is 15.7 Å². The van der Waals surface area contributed by atoms with Crippen LogP contribution in [-0.2, 0) is 14.6 Å². The second-order valence-corrected chi connectivity index (χ2v) is 10.9. The molecule has 0 radical (unpaired) electrons. The van der Waals surface area contributed by atoms with Crippen LogP contribution in [0.3, 0.4) is 0 Å². The number of nitriles is 1. The standard InChI is InChI=1S/C24H24N4O5S2/c1-4-35(30,31)24-28-27-23(34-24)26-22(29)19(15-25)14-18-6-8-20(9-7-18)32-11-12-33-21-10-5-16(2)13-17(21)3/h5-10,13-14H,4,11-12H2,1-3H3,(H,26,27,29). The zero-order valence-corrected chi connectivity index (χ0v) is 21.1. The topological polar surface area (TPSA) is 131 Å². The Morgan fingerprint density at radius 2 is 1.83 bits per heavy atom. The fourth-order valence-electron chi connectivity index (χ4n) is 2.92. The van der Waals surface area contributed by atoms with E-state index in [-0.39, 0.29) is 20.8 Å². The average Bonchev–Trinajstić information content (AvgIpc) is 3.31. The first-order valence-corrected chi connectivity index (χ1v) is 13.1. The zero-order valence-electron chi connectivity index (χ0n) is 19.4. The Labute approximate surface area is 208 Å². The summed E-state index contributed by atoms with van der Waals surface area (Å²) in [6, 6.07) is 14.7. The lowest BCUT2D eigenvalue weighted by molar-refractivity contribution is -0.112. The Morgan fingerprint density at radius 1 is 1.11 bits per heavy atom. The van der Waals surface area contributed by atoms with Crippen molar-refractivity contribution in [1.29, 1.82) is 5.26 Å². The number of hydrogen-bond acceptors (Lipinski definition) is 9. The molecule has 1 aromatic heterocycles. The molecule has 1 amide bonds. The van der Waals surface area contributed by atoms with E-state index in [2.05, 4.69) is 21.6 Å². The number of benzene rings is 2. The molecule has 0 saturated carbocycles. The highest BCUT2D eigenvalue weighted by molar-refractivity contribution is 7.93. The molecule has 0 bridgehead atoms. The summed E-state index contributed by atoms with van der Waals surface area (Å²) >= 11 is 0.733. The lowest BCUT2D eigenvalue weighted by Crippen LogP contribution is -2.13. The van der Waals surface area contributed by atoms with Crippen LogP contribution >= 0.6 is 11.3 Å². The third kappa shape index (κ3) is 7.11. The number of carbonyl (C=O) groups is 1. The van der Waals surface area contributed by atoms with Crippen LogP contribution in [0, 0.1) is 25.2 Å². The molecule has 0 unspecified atom stereocenters. The Morgan fingerprint density at radius 3 is 2.49 bits per heavy atom. The molecule has 9 nitrogen and oxygen atoms in total. The van der Waals surface area contributed by atoms with Crippen LogP contribution in [-0.4, -0.2) is 43.5 Å². The van der Waals surface area contributed by atoms with E-state index >= 15 is 0 Å². The van der Waals surface area contributed by atoms with Crippen molar-refractivity contribution in [3.63, 3.8) is 0 Å². The van der Waals surface area contributed by atoms with Crippen molar-refractivity contribution >= 4 is 38.3 Å². The van der Waals surface area contributed by atoms with Crippen molar-refractivity contribution < 1.29 is 22.7 Å². The number of nitrogens with zero attached hydrogens (tertiary/aromatic N) is 3. The normalized spacial score (nSPS) is 11.5. The van der Waals surface area contributed by atoms with Crippen LogP contribution < -0.4 is 14.8 Å². The first-order chi connectivity index (χ1) is 16.7. The van der Waals surface area contributed by atoms with Gasteiger partial charge in [-0.15, -0.1) is 10.2 Å². The third-order valence-electron chi connectivity index (χ3n) is 4.77. The second kappa shape index (κ2) is 11.6. The van der Waals surface area contributed by atoms with Crippen LogP contribution in [0.2, 0.25) is 0 Å². The van der Waals surface area contributed by atoms with Crippen LogP contribution in [0.1, 0.15) is 23.6 Å². The molecule has 3 rings (SSSR count). The summed E-state index contributed by atoms with van der Waals surface area (Å²) in [6.07, 6.45) is 1.41. The summed E-state index contributed by atoms with van der Waals surface area (Å²) in [5, 5.41) is 19.0. The van der Waals surface area contributed by atoms with Crippen molar-refractivity contribution in [1.82, 2.24) is 10.2 Å². The van der Waals surface area contributed by atoms with Gasteiger partial charge in [-0.05, 0) is 49.2 Å². The van der Waals surface area contributed by atoms with Crippen LogP contribution in [0.4, 0.5) is 5.13 Å². The van der Waals surface area contributed by atoms with E-state index in [9.17, 15) is 18.5 Å². The second-order valence-electron chi connectivity index (χ2n) is 7.44. The Kier molecular flexibility index (Phi) is 8.57. The largest absolute Gasteiger partial charge is 0.490 e. The Bertz CT molecular complexity index is 1370. The molecule has 0 fully saturated rings. The maximum Gasteiger partial charge on any atom is 0.268 e. The van der Waals surface area contributed by atoms with Gasteiger partial charge in [-0.3, -0.25) is 10.1 Å². The molecule has 3 aromatic rings. The van der Waals surface area contributed by atoms with Gasteiger partial charge in [0.05, 0.1) is 5.75 Å². The van der Waals surface area contributed by atoms with Crippen LogP contribution in [0.15, 0.2) is 52.4 Å². The number of aromatic nitrogens is 2. The molecule has 0 atom stereocenters. The number of rotatable bonds is 10. The van der Waals surface area contributed by atoms with Gasteiger partial charge in [-0.25, -0.2) is 8.42 Å². The maximum absolute atomic E-state index is 12.4. The molecule has 2 aromatic carbocycles. The van der Waals surface area contributed by atoms with Gasteiger partial charge in [-0.1, -0.05) is 48.1 Å². The summed E-state index contributed by atoms with van der Waals surface area (Å²) in [5.41, 5.74) is 2.68. The number of carbonyl (C=O) groups excluding carboxylic acids is 1. The van der Waals surface area contributed by atoms with Gasteiger partial charge in [-0.2, -0.15) is 5.26 Å². The monoisotopic (exact) mass is 512 g/mol. The fraction of sp³-hybridized carbons (Fsp3) is 0.250. The first kappa shape index (κ1) is 25.9. The number of aryl methyl sites for hydroxylation is 2. The molecule has 0 aliphatic heterocycles. The predicted molar refractivity (Wildman–Crippen MR) is 133 cm³/mol. The minimum atomic E-state index is -3.52. The van der Waals surface area contributed by atoms with Crippen molar-refractivity contribution in [3.05, 3.63) is 64.7 Å². The number of anilines is 1. The first-order valence-electron chi connectivity index (χ1n) is 10.6. The van der Waals surface area contributed by atoms with E-state index in [4.69, 9.17) is 9.47 Å². The van der Waals surface area contributed by atoms with E-state index in [1.165, 1.54) is 18.6 Å². The summed E-state index contributed by atoms with van der Waals surface area (Å²) in [6.45, 7) is 6.25. The summed E-state index contributed by atoms with van der Waals surface area (Å²) < 4.78 is 34.9. The van der Waals surface area contributed by atoms with Gasteiger partial charge in [0, 0.05) is 0 Å². The molecular formula is C24H24N4O5S2. The average molecular weight is 513 g/mol. The highest BCUT2D eigenvalue weighted by Crippen LogP contribution is 2.22. The summed E-state index contributed by atoms with van der Waals surface area (Å²) in [5.74, 6) is 0.595. The number of nitrogens with one attached hydrogen (secondary N) is 1. The number of sulfone groups is 1. The molecule has 0 aliphatic rings. The smallest absolute Gasteiger partial charge is 0.268 e. The molecule has 35 heavy (non-hydrogen) atoms. The quantitative estimate of drug-likeness (QED) is 0.187. The maximum atomic E-state index is 12.4. The molecule has 0 spiro atoms. The lowest BCUT2D eigenvalue weighted by Gasteiger charge is -2.11. The highest BCUT2D eigenvalue weighted by atomic mass is 32.2. The fourth-order valence-corrected chi connectivity index (χ4v) is 4.90. The van der Waals surface area contributed by atoms with E-state index in [1.807, 2.05) is 32.0 Å². The van der Waals surface area contributed by atoms with Crippen molar-refractivity contribution in [2.24, 2.45) is 0 Å². The van der Waals surface area contributed by atoms with Gasteiger partial charge >= 0.3 is 0 Å².